The molecule has 0 aromatic carbocycles. The molecule has 0 radical (unpaired) electrons. The summed E-state index contributed by atoms with van der Waals surface area (Å²) in [6.07, 6.45) is 7.61. The van der Waals surface area contributed by atoms with Crippen molar-refractivity contribution in [3.8, 4) is 0 Å². The van der Waals surface area contributed by atoms with Crippen LogP contribution in [0.15, 0.2) is 23.5 Å². The minimum atomic E-state index is 0.658. The standard InChI is InChI=1S/C16H25N5/c1-4-11-7-13(17-2)8-12(11)10-21-14-5-6-19-16(14)20-9-15(21)18-3/h5-6,9,11-13,17,19H,4,7-8,10H2,1-3H3/t11-,12?,13?/m0/s1. The lowest BCUT2D eigenvalue weighted by Gasteiger charge is -2.20. The number of H-pyrrole nitrogens is 1. The molecule has 2 aromatic rings. The van der Waals surface area contributed by atoms with E-state index in [1.54, 1.807) is 0 Å². The molecular formula is C16H25N5. The Labute approximate surface area is 125 Å². The normalized spacial score (nSPS) is 26.8. The van der Waals surface area contributed by atoms with Crippen molar-refractivity contribution >= 4 is 11.2 Å². The second-order valence-electron chi connectivity index (χ2n) is 6.05. The van der Waals surface area contributed by atoms with E-state index in [2.05, 4.69) is 44.9 Å². The molecule has 0 spiro atoms. The largest absolute Gasteiger partial charge is 0.345 e. The number of hydrogen-bond acceptors (Lipinski definition) is 3. The molecule has 114 valence electrons. The molecule has 1 saturated carbocycles. The van der Waals surface area contributed by atoms with Gasteiger partial charge in [-0.1, -0.05) is 13.3 Å². The second kappa shape index (κ2) is 6.02. The van der Waals surface area contributed by atoms with Crippen LogP contribution in [0.4, 0.5) is 0 Å². The zero-order valence-electron chi connectivity index (χ0n) is 13.1. The van der Waals surface area contributed by atoms with E-state index in [1.165, 1.54) is 19.3 Å². The molecule has 0 bridgehead atoms. The fraction of sp³-hybridized carbons (Fsp3) is 0.625. The van der Waals surface area contributed by atoms with Crippen LogP contribution >= 0.6 is 0 Å². The Kier molecular flexibility index (Phi) is 4.10. The lowest BCUT2D eigenvalue weighted by atomic mass is 9.93. The summed E-state index contributed by atoms with van der Waals surface area (Å²) in [6.45, 7) is 3.34. The molecule has 3 atom stereocenters. The third-order valence-electron chi connectivity index (χ3n) is 5.00. The Morgan fingerprint density at radius 3 is 2.95 bits per heavy atom. The Balaban J connectivity index is 1.95. The van der Waals surface area contributed by atoms with Crippen LogP contribution in [-0.4, -0.2) is 34.7 Å². The topological polar surface area (TPSA) is 58.0 Å². The first-order valence-corrected chi connectivity index (χ1v) is 7.89. The molecule has 0 saturated heterocycles. The third kappa shape index (κ3) is 2.62. The van der Waals surface area contributed by atoms with Gasteiger partial charge in [-0.3, -0.25) is 4.99 Å². The van der Waals surface area contributed by atoms with E-state index in [1.807, 2.05) is 19.4 Å². The maximum absolute atomic E-state index is 4.44. The van der Waals surface area contributed by atoms with Gasteiger partial charge in [-0.2, -0.15) is 0 Å². The number of hydrogen-bond donors (Lipinski definition) is 2. The first-order chi connectivity index (χ1) is 10.3. The van der Waals surface area contributed by atoms with Gasteiger partial charge in [-0.25, -0.2) is 4.98 Å². The van der Waals surface area contributed by atoms with Gasteiger partial charge < -0.3 is 14.9 Å². The maximum Gasteiger partial charge on any atom is 0.154 e. The van der Waals surface area contributed by atoms with Crippen LogP contribution in [0, 0.1) is 11.8 Å². The van der Waals surface area contributed by atoms with Crippen molar-refractivity contribution in [1.29, 1.82) is 0 Å². The van der Waals surface area contributed by atoms with Gasteiger partial charge in [0.15, 0.2) is 5.65 Å². The van der Waals surface area contributed by atoms with Crippen molar-refractivity contribution in [2.24, 2.45) is 16.8 Å². The van der Waals surface area contributed by atoms with E-state index in [0.29, 0.717) is 12.0 Å². The Bertz CT molecular complexity index is 669. The molecule has 0 aliphatic heterocycles. The van der Waals surface area contributed by atoms with Crippen LogP contribution in [0.5, 0.6) is 0 Å². The lowest BCUT2D eigenvalue weighted by molar-refractivity contribution is 0.331. The summed E-state index contributed by atoms with van der Waals surface area (Å²) in [4.78, 5) is 12.0. The minimum Gasteiger partial charge on any atom is -0.345 e. The van der Waals surface area contributed by atoms with Gasteiger partial charge in [0.2, 0.25) is 0 Å². The van der Waals surface area contributed by atoms with E-state index < -0.39 is 0 Å². The fourth-order valence-electron chi connectivity index (χ4n) is 3.77. The predicted molar refractivity (Wildman–Crippen MR) is 84.9 cm³/mol. The maximum atomic E-state index is 4.44. The van der Waals surface area contributed by atoms with E-state index >= 15 is 0 Å². The molecule has 5 heteroatoms. The molecule has 3 rings (SSSR count). The quantitative estimate of drug-likeness (QED) is 0.902. The molecule has 5 nitrogen and oxygen atoms in total. The molecule has 2 unspecified atom stereocenters. The van der Waals surface area contributed by atoms with Crippen LogP contribution in [0.25, 0.3) is 11.2 Å². The minimum absolute atomic E-state index is 0.658. The van der Waals surface area contributed by atoms with Gasteiger partial charge in [0, 0.05) is 25.8 Å². The summed E-state index contributed by atoms with van der Waals surface area (Å²) in [5.41, 5.74) is 3.06. The van der Waals surface area contributed by atoms with E-state index in [4.69, 9.17) is 0 Å². The summed E-state index contributed by atoms with van der Waals surface area (Å²) in [5.74, 6) is 1.50. The summed E-state index contributed by atoms with van der Waals surface area (Å²) < 4.78 is 2.32. The number of rotatable bonds is 4. The molecule has 1 aliphatic rings. The highest BCUT2D eigenvalue weighted by atomic mass is 15.1. The third-order valence-corrected chi connectivity index (χ3v) is 5.00. The first kappa shape index (κ1) is 14.3. The lowest BCUT2D eigenvalue weighted by Crippen LogP contribution is -2.27. The molecule has 2 aromatic heterocycles. The van der Waals surface area contributed by atoms with Crippen LogP contribution in [0.3, 0.4) is 0 Å². The van der Waals surface area contributed by atoms with Gasteiger partial charge in [0.25, 0.3) is 0 Å². The monoisotopic (exact) mass is 287 g/mol. The number of fused-ring (bicyclic) bond motifs is 1. The Morgan fingerprint density at radius 2 is 2.24 bits per heavy atom. The van der Waals surface area contributed by atoms with Crippen molar-refractivity contribution in [2.75, 3.05) is 14.1 Å². The average Bonchev–Trinajstić information content (AvgIpc) is 3.13. The van der Waals surface area contributed by atoms with Crippen molar-refractivity contribution in [2.45, 2.75) is 38.8 Å². The number of aromatic amines is 1. The smallest absolute Gasteiger partial charge is 0.154 e. The van der Waals surface area contributed by atoms with Crippen LogP contribution in [0.1, 0.15) is 26.2 Å². The molecule has 0 amide bonds. The Hall–Kier alpha value is -1.62. The summed E-state index contributed by atoms with van der Waals surface area (Å²) in [7, 11) is 3.92. The number of nitrogens with zero attached hydrogens (tertiary/aromatic N) is 3. The second-order valence-corrected chi connectivity index (χ2v) is 6.05. The predicted octanol–water partition coefficient (Wildman–Crippen LogP) is 1.92. The SMILES string of the molecule is CC[C@H]1CC(NC)CC1Cn1c(=NC)cnc2[nH]ccc21. The first-order valence-electron chi connectivity index (χ1n) is 7.89. The molecular weight excluding hydrogens is 262 g/mol. The molecule has 2 N–H and O–H groups in total. The highest BCUT2D eigenvalue weighted by Crippen LogP contribution is 2.35. The van der Waals surface area contributed by atoms with Crippen LogP contribution in [0.2, 0.25) is 0 Å². The van der Waals surface area contributed by atoms with E-state index in [9.17, 15) is 0 Å². The zero-order valence-corrected chi connectivity index (χ0v) is 13.1. The van der Waals surface area contributed by atoms with Gasteiger partial charge in [-0.15, -0.1) is 0 Å². The molecule has 2 heterocycles. The van der Waals surface area contributed by atoms with E-state index in [-0.39, 0.29) is 0 Å². The number of nitrogens with one attached hydrogen (secondary N) is 2. The highest BCUT2D eigenvalue weighted by Gasteiger charge is 2.32. The van der Waals surface area contributed by atoms with Crippen molar-refractivity contribution in [1.82, 2.24) is 19.9 Å². The van der Waals surface area contributed by atoms with Gasteiger partial charge in [0.05, 0.1) is 11.7 Å². The van der Waals surface area contributed by atoms with E-state index in [0.717, 1.165) is 29.1 Å². The Morgan fingerprint density at radius 1 is 1.43 bits per heavy atom. The summed E-state index contributed by atoms with van der Waals surface area (Å²) >= 11 is 0. The fourth-order valence-corrected chi connectivity index (χ4v) is 3.77. The van der Waals surface area contributed by atoms with Gasteiger partial charge in [-0.05, 0) is 37.8 Å². The van der Waals surface area contributed by atoms with Gasteiger partial charge in [0.1, 0.15) is 5.49 Å². The summed E-state index contributed by atoms with van der Waals surface area (Å²) in [5, 5.41) is 3.45. The van der Waals surface area contributed by atoms with Crippen molar-refractivity contribution in [3.63, 3.8) is 0 Å². The summed E-state index contributed by atoms with van der Waals surface area (Å²) in [6, 6.07) is 2.76. The van der Waals surface area contributed by atoms with Crippen molar-refractivity contribution in [3.05, 3.63) is 23.9 Å². The average molecular weight is 287 g/mol. The molecule has 1 fully saturated rings. The van der Waals surface area contributed by atoms with Crippen molar-refractivity contribution < 1.29 is 0 Å². The van der Waals surface area contributed by atoms with Crippen LogP contribution < -0.4 is 10.8 Å². The molecule has 21 heavy (non-hydrogen) atoms. The van der Waals surface area contributed by atoms with Crippen LogP contribution in [-0.2, 0) is 6.54 Å². The highest BCUT2D eigenvalue weighted by molar-refractivity contribution is 5.70. The zero-order chi connectivity index (χ0) is 14.8. The van der Waals surface area contributed by atoms with Gasteiger partial charge >= 0.3 is 0 Å². The number of aromatic nitrogens is 3. The molecule has 1 aliphatic carbocycles.